The van der Waals surface area contributed by atoms with Crippen LogP contribution in [0.3, 0.4) is 0 Å². The molecule has 0 aromatic heterocycles. The van der Waals surface area contributed by atoms with Crippen LogP contribution in [0.25, 0.3) is 0 Å². The lowest BCUT2D eigenvalue weighted by Gasteiger charge is -2.34. The van der Waals surface area contributed by atoms with Crippen molar-refractivity contribution in [3.05, 3.63) is 0 Å². The Morgan fingerprint density at radius 3 is 2.65 bits per heavy atom. The molecule has 2 atom stereocenters. The quantitative estimate of drug-likeness (QED) is 0.526. The minimum absolute atomic E-state index is 0.0364. The lowest BCUT2D eigenvalue weighted by Crippen LogP contribution is -2.57. The van der Waals surface area contributed by atoms with Gasteiger partial charge in [0.25, 0.3) is 0 Å². The highest BCUT2D eigenvalue weighted by atomic mass is 16.5. The Bertz CT molecular complexity index is 379. The Kier molecular flexibility index (Phi) is 5.75. The fourth-order valence-corrected chi connectivity index (χ4v) is 2.04. The Labute approximate surface area is 117 Å². The van der Waals surface area contributed by atoms with Crippen molar-refractivity contribution in [1.82, 2.24) is 10.6 Å². The number of ether oxygens (including phenoxy) is 1. The molecule has 1 heterocycles. The number of primary amides is 1. The molecule has 1 aliphatic heterocycles. The molecule has 0 spiro atoms. The molecule has 8 heteroatoms. The normalized spacial score (nSPS) is 23.6. The maximum absolute atomic E-state index is 11.8. The fourth-order valence-electron chi connectivity index (χ4n) is 2.04. The minimum atomic E-state index is -1.20. The molecule has 1 fully saturated rings. The van der Waals surface area contributed by atoms with E-state index < -0.39 is 29.5 Å². The topological polar surface area (TPSA) is 131 Å². The average molecular weight is 287 g/mol. The molecule has 1 rings (SSSR count). The van der Waals surface area contributed by atoms with Gasteiger partial charge in [-0.15, -0.1) is 0 Å². The van der Waals surface area contributed by atoms with Crippen LogP contribution in [0.2, 0.25) is 0 Å². The third-order valence-corrected chi connectivity index (χ3v) is 3.14. The smallest absolute Gasteiger partial charge is 0.326 e. The van der Waals surface area contributed by atoms with Gasteiger partial charge in [0, 0.05) is 13.0 Å². The van der Waals surface area contributed by atoms with Gasteiger partial charge in [0.1, 0.15) is 6.04 Å². The van der Waals surface area contributed by atoms with Crippen LogP contribution in [-0.4, -0.2) is 47.8 Å². The number of carbonyl (C=O) groups is 3. The van der Waals surface area contributed by atoms with Crippen molar-refractivity contribution in [3.63, 3.8) is 0 Å². The largest absolute Gasteiger partial charge is 0.480 e. The van der Waals surface area contributed by atoms with Crippen LogP contribution in [0.5, 0.6) is 0 Å². The second-order valence-electron chi connectivity index (χ2n) is 5.21. The summed E-state index contributed by atoms with van der Waals surface area (Å²) < 4.78 is 5.30. The average Bonchev–Trinajstić information content (AvgIpc) is 2.34. The number of nitrogens with two attached hydrogens (primary N) is 1. The van der Waals surface area contributed by atoms with Crippen molar-refractivity contribution in [3.8, 4) is 0 Å². The van der Waals surface area contributed by atoms with Crippen molar-refractivity contribution >= 4 is 17.9 Å². The highest BCUT2D eigenvalue weighted by molar-refractivity contribution is 5.83. The van der Waals surface area contributed by atoms with Crippen LogP contribution >= 0.6 is 0 Å². The van der Waals surface area contributed by atoms with E-state index in [1.807, 2.05) is 6.92 Å². The van der Waals surface area contributed by atoms with Crippen LogP contribution in [0.15, 0.2) is 0 Å². The van der Waals surface area contributed by atoms with Gasteiger partial charge in [0.2, 0.25) is 5.91 Å². The van der Waals surface area contributed by atoms with Gasteiger partial charge in [0.05, 0.1) is 12.1 Å². The predicted molar refractivity (Wildman–Crippen MR) is 70.0 cm³/mol. The zero-order valence-corrected chi connectivity index (χ0v) is 11.5. The van der Waals surface area contributed by atoms with E-state index in [1.54, 1.807) is 0 Å². The number of urea groups is 1. The molecule has 5 N–H and O–H groups in total. The van der Waals surface area contributed by atoms with Crippen molar-refractivity contribution in [2.45, 2.75) is 44.2 Å². The number of rotatable bonds is 6. The zero-order valence-electron chi connectivity index (χ0n) is 11.5. The van der Waals surface area contributed by atoms with Crippen LogP contribution in [0.1, 0.15) is 32.6 Å². The molecule has 0 aromatic carbocycles. The van der Waals surface area contributed by atoms with Crippen molar-refractivity contribution in [2.75, 3.05) is 13.2 Å². The van der Waals surface area contributed by atoms with Gasteiger partial charge in [-0.2, -0.15) is 0 Å². The summed E-state index contributed by atoms with van der Waals surface area (Å²) in [5.41, 5.74) is 4.46. The monoisotopic (exact) mass is 287 g/mol. The SMILES string of the molecule is CC1(NC(=O)N[C@H](CCC(N)=O)C(=O)O)CCCOC1. The summed E-state index contributed by atoms with van der Waals surface area (Å²) in [4.78, 5) is 33.5. The molecule has 1 unspecified atom stereocenters. The number of nitrogens with one attached hydrogen (secondary N) is 2. The molecule has 1 saturated heterocycles. The van der Waals surface area contributed by atoms with Crippen molar-refractivity contribution in [2.24, 2.45) is 5.73 Å². The highest BCUT2D eigenvalue weighted by Gasteiger charge is 2.30. The van der Waals surface area contributed by atoms with E-state index in [9.17, 15) is 14.4 Å². The first-order valence-electron chi connectivity index (χ1n) is 6.50. The Balaban J connectivity index is 2.48. The Hall–Kier alpha value is -1.83. The first-order chi connectivity index (χ1) is 9.32. The third kappa shape index (κ3) is 5.43. The number of carbonyl (C=O) groups excluding carboxylic acids is 2. The van der Waals surface area contributed by atoms with Crippen molar-refractivity contribution < 1.29 is 24.2 Å². The molecule has 20 heavy (non-hydrogen) atoms. The van der Waals surface area contributed by atoms with Crippen LogP contribution < -0.4 is 16.4 Å². The molecule has 0 aliphatic carbocycles. The lowest BCUT2D eigenvalue weighted by molar-refractivity contribution is -0.139. The summed E-state index contributed by atoms with van der Waals surface area (Å²) in [5.74, 6) is -1.81. The standard InChI is InChI=1S/C12H21N3O5/c1-12(5-2-6-20-7-12)15-11(19)14-8(10(17)18)3-4-9(13)16/h8H,2-7H2,1H3,(H2,13,16)(H,17,18)(H2,14,15,19)/t8-,12?/m1/s1. The second-order valence-corrected chi connectivity index (χ2v) is 5.21. The maximum atomic E-state index is 11.8. The molecule has 0 aromatic rings. The Morgan fingerprint density at radius 2 is 2.15 bits per heavy atom. The molecular weight excluding hydrogens is 266 g/mol. The number of hydrogen-bond donors (Lipinski definition) is 4. The van der Waals surface area contributed by atoms with E-state index in [4.69, 9.17) is 15.6 Å². The molecule has 0 radical (unpaired) electrons. The van der Waals surface area contributed by atoms with Gasteiger partial charge in [-0.25, -0.2) is 9.59 Å². The molecule has 0 saturated carbocycles. The van der Waals surface area contributed by atoms with Crippen LogP contribution in [0.4, 0.5) is 4.79 Å². The van der Waals surface area contributed by atoms with Crippen molar-refractivity contribution in [1.29, 1.82) is 0 Å². The molecule has 114 valence electrons. The number of carboxylic acids is 1. The summed E-state index contributed by atoms with van der Waals surface area (Å²) in [7, 11) is 0. The lowest BCUT2D eigenvalue weighted by atomic mass is 9.95. The summed E-state index contributed by atoms with van der Waals surface area (Å²) in [6.07, 6.45) is 1.46. The third-order valence-electron chi connectivity index (χ3n) is 3.14. The van der Waals surface area contributed by atoms with E-state index in [-0.39, 0.29) is 12.8 Å². The predicted octanol–water partition coefficient (Wildman–Crippen LogP) is -0.427. The maximum Gasteiger partial charge on any atom is 0.326 e. The van der Waals surface area contributed by atoms with E-state index >= 15 is 0 Å². The molecular formula is C12H21N3O5. The summed E-state index contributed by atoms with van der Waals surface area (Å²) >= 11 is 0. The van der Waals surface area contributed by atoms with Gasteiger partial charge in [-0.05, 0) is 26.2 Å². The van der Waals surface area contributed by atoms with Crippen LogP contribution in [-0.2, 0) is 14.3 Å². The fraction of sp³-hybridized carbons (Fsp3) is 0.750. The van der Waals surface area contributed by atoms with Gasteiger partial charge < -0.3 is 26.2 Å². The highest BCUT2D eigenvalue weighted by Crippen LogP contribution is 2.18. The van der Waals surface area contributed by atoms with E-state index in [1.165, 1.54) is 0 Å². The molecule has 3 amide bonds. The summed E-state index contributed by atoms with van der Waals surface area (Å²) in [6, 6.07) is -1.73. The summed E-state index contributed by atoms with van der Waals surface area (Å²) in [5, 5.41) is 14.0. The molecule has 8 nitrogen and oxygen atoms in total. The van der Waals surface area contributed by atoms with Gasteiger partial charge >= 0.3 is 12.0 Å². The number of hydrogen-bond acceptors (Lipinski definition) is 4. The second kappa shape index (κ2) is 7.09. The number of aliphatic carboxylic acids is 1. The Morgan fingerprint density at radius 1 is 1.45 bits per heavy atom. The first kappa shape index (κ1) is 16.2. The van der Waals surface area contributed by atoms with E-state index in [2.05, 4.69) is 10.6 Å². The zero-order chi connectivity index (χ0) is 15.2. The minimum Gasteiger partial charge on any atom is -0.480 e. The van der Waals surface area contributed by atoms with Gasteiger partial charge in [-0.3, -0.25) is 4.79 Å². The van der Waals surface area contributed by atoms with Crippen LogP contribution in [0, 0.1) is 0 Å². The summed E-state index contributed by atoms with van der Waals surface area (Å²) in [6.45, 7) is 2.89. The van der Waals surface area contributed by atoms with E-state index in [0.29, 0.717) is 13.2 Å². The molecule has 1 aliphatic rings. The van der Waals surface area contributed by atoms with Gasteiger partial charge in [0.15, 0.2) is 0 Å². The van der Waals surface area contributed by atoms with Gasteiger partial charge in [-0.1, -0.05) is 0 Å². The van der Waals surface area contributed by atoms with E-state index in [0.717, 1.165) is 12.8 Å². The number of amides is 3. The first-order valence-corrected chi connectivity index (χ1v) is 6.50. The number of carboxylic acid groups (broad SMARTS) is 1. The molecule has 0 bridgehead atoms.